The van der Waals surface area contributed by atoms with Gasteiger partial charge in [0.2, 0.25) is 0 Å². The average molecular weight is 333 g/mol. The number of carbonyl (C=O) groups is 1. The van der Waals surface area contributed by atoms with E-state index in [-0.39, 0.29) is 18.6 Å². The first-order chi connectivity index (χ1) is 9.97. The summed E-state index contributed by atoms with van der Waals surface area (Å²) in [5.41, 5.74) is 6.37. The summed E-state index contributed by atoms with van der Waals surface area (Å²) in [5, 5.41) is 3.79. The molecule has 1 amide bonds. The molecule has 6 heteroatoms. The van der Waals surface area contributed by atoms with Crippen LogP contribution in [0.2, 0.25) is 10.0 Å². The Labute approximate surface area is 135 Å². The first kappa shape index (κ1) is 18.1. The van der Waals surface area contributed by atoms with Crippen molar-refractivity contribution < 1.29 is 9.53 Å². The fourth-order valence-electron chi connectivity index (χ4n) is 2.08. The van der Waals surface area contributed by atoms with Gasteiger partial charge in [0, 0.05) is 11.1 Å². The van der Waals surface area contributed by atoms with Crippen molar-refractivity contribution in [1.82, 2.24) is 5.32 Å². The molecule has 1 atom stereocenters. The van der Waals surface area contributed by atoms with Gasteiger partial charge in [-0.2, -0.15) is 0 Å². The number of benzene rings is 1. The van der Waals surface area contributed by atoms with E-state index in [1.807, 2.05) is 6.92 Å². The van der Waals surface area contributed by atoms with Gasteiger partial charge in [0.15, 0.2) is 6.61 Å². The Bertz CT molecular complexity index is 481. The Hall–Kier alpha value is -0.970. The molecule has 1 rings (SSSR count). The number of hydrogen-bond donors (Lipinski definition) is 2. The Balaban J connectivity index is 2.68. The Morgan fingerprint density at radius 1 is 1.43 bits per heavy atom. The zero-order valence-electron chi connectivity index (χ0n) is 12.4. The van der Waals surface area contributed by atoms with Crippen molar-refractivity contribution in [3.8, 4) is 5.75 Å². The Morgan fingerprint density at radius 3 is 2.76 bits per heavy atom. The lowest BCUT2D eigenvalue weighted by Gasteiger charge is -2.16. The van der Waals surface area contributed by atoms with Crippen LogP contribution < -0.4 is 15.8 Å². The van der Waals surface area contributed by atoms with Crippen molar-refractivity contribution in [2.75, 3.05) is 13.2 Å². The standard InChI is InChI=1S/C15H22Cl2N2O2/c1-3-4-10(2)19-14(20)9-21-15-11(5-6-18)7-12(16)8-13(15)17/h7-8,10H,3-6,9,18H2,1-2H3,(H,19,20). The molecule has 1 aromatic rings. The molecule has 4 nitrogen and oxygen atoms in total. The normalized spacial score (nSPS) is 12.0. The van der Waals surface area contributed by atoms with Crippen LogP contribution in [-0.4, -0.2) is 25.1 Å². The number of nitrogens with one attached hydrogen (secondary N) is 1. The first-order valence-electron chi connectivity index (χ1n) is 7.08. The lowest BCUT2D eigenvalue weighted by molar-refractivity contribution is -0.123. The quantitative estimate of drug-likeness (QED) is 0.768. The largest absolute Gasteiger partial charge is 0.482 e. The average Bonchev–Trinajstić information content (AvgIpc) is 2.38. The van der Waals surface area contributed by atoms with E-state index in [1.54, 1.807) is 12.1 Å². The van der Waals surface area contributed by atoms with Gasteiger partial charge in [-0.25, -0.2) is 0 Å². The molecule has 0 heterocycles. The van der Waals surface area contributed by atoms with Crippen molar-refractivity contribution in [3.63, 3.8) is 0 Å². The van der Waals surface area contributed by atoms with Gasteiger partial charge < -0.3 is 15.8 Å². The summed E-state index contributed by atoms with van der Waals surface area (Å²) in [6.07, 6.45) is 2.54. The summed E-state index contributed by atoms with van der Waals surface area (Å²) in [7, 11) is 0. The topological polar surface area (TPSA) is 64.3 Å². The molecule has 21 heavy (non-hydrogen) atoms. The van der Waals surface area contributed by atoms with Crippen molar-refractivity contribution in [1.29, 1.82) is 0 Å². The second-order valence-corrected chi connectivity index (χ2v) is 5.80. The second kappa shape index (κ2) is 9.13. The number of carbonyl (C=O) groups excluding carboxylic acids is 1. The molecule has 1 unspecified atom stereocenters. The molecule has 0 saturated carbocycles. The minimum atomic E-state index is -0.166. The zero-order valence-corrected chi connectivity index (χ0v) is 13.9. The molecule has 0 aromatic heterocycles. The molecule has 0 bridgehead atoms. The minimum Gasteiger partial charge on any atom is -0.482 e. The number of nitrogens with two attached hydrogens (primary N) is 1. The fraction of sp³-hybridized carbons (Fsp3) is 0.533. The summed E-state index contributed by atoms with van der Waals surface area (Å²) < 4.78 is 5.56. The highest BCUT2D eigenvalue weighted by Crippen LogP contribution is 2.32. The molecular formula is C15H22Cl2N2O2. The molecule has 0 aliphatic rings. The summed E-state index contributed by atoms with van der Waals surface area (Å²) in [6.45, 7) is 4.42. The molecular weight excluding hydrogens is 311 g/mol. The van der Waals surface area contributed by atoms with Gasteiger partial charge in [0.1, 0.15) is 5.75 Å². The summed E-state index contributed by atoms with van der Waals surface area (Å²) >= 11 is 12.1. The number of hydrogen-bond acceptors (Lipinski definition) is 3. The molecule has 0 radical (unpaired) electrons. The zero-order chi connectivity index (χ0) is 15.8. The molecule has 0 spiro atoms. The highest BCUT2D eigenvalue weighted by Gasteiger charge is 2.13. The molecule has 0 aliphatic heterocycles. The number of halogens is 2. The van der Waals surface area contributed by atoms with E-state index in [2.05, 4.69) is 12.2 Å². The summed E-state index contributed by atoms with van der Waals surface area (Å²) in [4.78, 5) is 11.8. The molecule has 1 aromatic carbocycles. The molecule has 0 saturated heterocycles. The molecule has 0 aliphatic carbocycles. The highest BCUT2D eigenvalue weighted by atomic mass is 35.5. The van der Waals surface area contributed by atoms with Gasteiger partial charge >= 0.3 is 0 Å². The van der Waals surface area contributed by atoms with Gasteiger partial charge in [-0.05, 0) is 44.0 Å². The Morgan fingerprint density at radius 2 is 2.14 bits per heavy atom. The van der Waals surface area contributed by atoms with Crippen LogP contribution in [0.15, 0.2) is 12.1 Å². The minimum absolute atomic E-state index is 0.0764. The summed E-state index contributed by atoms with van der Waals surface area (Å²) in [5.74, 6) is 0.311. The lowest BCUT2D eigenvalue weighted by Crippen LogP contribution is -2.36. The van der Waals surface area contributed by atoms with Crippen LogP contribution in [-0.2, 0) is 11.2 Å². The number of amides is 1. The number of ether oxygens (including phenoxy) is 1. The molecule has 0 fully saturated rings. The van der Waals surface area contributed by atoms with Gasteiger partial charge in [-0.1, -0.05) is 36.5 Å². The van der Waals surface area contributed by atoms with Crippen molar-refractivity contribution in [2.24, 2.45) is 5.73 Å². The maximum Gasteiger partial charge on any atom is 0.258 e. The maximum atomic E-state index is 11.8. The van der Waals surface area contributed by atoms with Gasteiger partial charge in [-0.15, -0.1) is 0 Å². The van der Waals surface area contributed by atoms with Crippen LogP contribution in [0.4, 0.5) is 0 Å². The first-order valence-corrected chi connectivity index (χ1v) is 7.83. The number of rotatable bonds is 8. The predicted molar refractivity (Wildman–Crippen MR) is 87.2 cm³/mol. The SMILES string of the molecule is CCCC(C)NC(=O)COc1c(Cl)cc(Cl)cc1CCN. The third-order valence-corrected chi connectivity index (χ3v) is 3.47. The van der Waals surface area contributed by atoms with E-state index in [9.17, 15) is 4.79 Å². The van der Waals surface area contributed by atoms with Crippen molar-refractivity contribution in [2.45, 2.75) is 39.2 Å². The van der Waals surface area contributed by atoms with Crippen molar-refractivity contribution in [3.05, 3.63) is 27.7 Å². The van der Waals surface area contributed by atoms with Crippen LogP contribution in [0.5, 0.6) is 5.75 Å². The third kappa shape index (κ3) is 6.12. The van der Waals surface area contributed by atoms with Crippen LogP contribution in [0, 0.1) is 0 Å². The van der Waals surface area contributed by atoms with E-state index in [0.29, 0.717) is 28.8 Å². The highest BCUT2D eigenvalue weighted by molar-refractivity contribution is 6.35. The van der Waals surface area contributed by atoms with Gasteiger partial charge in [-0.3, -0.25) is 4.79 Å². The third-order valence-electron chi connectivity index (χ3n) is 2.98. The monoisotopic (exact) mass is 332 g/mol. The van der Waals surface area contributed by atoms with E-state index < -0.39 is 0 Å². The molecule has 3 N–H and O–H groups in total. The smallest absolute Gasteiger partial charge is 0.258 e. The fourth-order valence-corrected chi connectivity index (χ4v) is 2.67. The molecule has 118 valence electrons. The lowest BCUT2D eigenvalue weighted by atomic mass is 10.1. The van der Waals surface area contributed by atoms with Crippen molar-refractivity contribution >= 4 is 29.1 Å². The second-order valence-electron chi connectivity index (χ2n) is 4.96. The van der Waals surface area contributed by atoms with E-state index in [4.69, 9.17) is 33.7 Å². The van der Waals surface area contributed by atoms with E-state index in [1.165, 1.54) is 0 Å². The predicted octanol–water partition coefficient (Wildman–Crippen LogP) is 3.18. The van der Waals surface area contributed by atoms with E-state index in [0.717, 1.165) is 18.4 Å². The van der Waals surface area contributed by atoms with Crippen LogP contribution in [0.25, 0.3) is 0 Å². The van der Waals surface area contributed by atoms with Crippen LogP contribution >= 0.6 is 23.2 Å². The van der Waals surface area contributed by atoms with Gasteiger partial charge in [0.05, 0.1) is 5.02 Å². The summed E-state index contributed by atoms with van der Waals surface area (Å²) in [6, 6.07) is 3.49. The van der Waals surface area contributed by atoms with Crippen LogP contribution in [0.3, 0.4) is 0 Å². The van der Waals surface area contributed by atoms with E-state index >= 15 is 0 Å². The van der Waals surface area contributed by atoms with Crippen LogP contribution in [0.1, 0.15) is 32.3 Å². The Kier molecular flexibility index (Phi) is 7.86. The maximum absolute atomic E-state index is 11.8. The van der Waals surface area contributed by atoms with Gasteiger partial charge in [0.25, 0.3) is 5.91 Å².